The Bertz CT molecular complexity index is 1360. The number of unbranched alkanes of at least 4 members (excludes halogenated alkanes) is 1. The zero-order valence-corrected chi connectivity index (χ0v) is 28.3. The highest BCUT2D eigenvalue weighted by atomic mass is 19.3. The predicted molar refractivity (Wildman–Crippen MR) is 180 cm³/mol. The van der Waals surface area contributed by atoms with Gasteiger partial charge in [-0.2, -0.15) is 13.8 Å². The molecule has 46 heavy (non-hydrogen) atoms. The quantitative estimate of drug-likeness (QED) is 0.111. The van der Waals surface area contributed by atoms with Gasteiger partial charge in [-0.1, -0.05) is 58.2 Å². The third-order valence-electron chi connectivity index (χ3n) is 7.96. The second-order valence-electron chi connectivity index (χ2n) is 12.6. The van der Waals surface area contributed by atoms with Crippen LogP contribution in [0, 0.1) is 0 Å². The van der Waals surface area contributed by atoms with Crippen molar-refractivity contribution in [3.05, 3.63) is 81.0 Å². The van der Waals surface area contributed by atoms with E-state index in [0.29, 0.717) is 11.0 Å². The van der Waals surface area contributed by atoms with E-state index in [4.69, 9.17) is 9.84 Å². The van der Waals surface area contributed by atoms with Gasteiger partial charge >= 0.3 is 11.6 Å². The molecule has 1 amide bonds. The van der Waals surface area contributed by atoms with Crippen molar-refractivity contribution < 1.29 is 28.5 Å². The van der Waals surface area contributed by atoms with Gasteiger partial charge in [-0.05, 0) is 105 Å². The zero-order valence-electron chi connectivity index (χ0n) is 28.3. The van der Waals surface area contributed by atoms with E-state index >= 15 is 0 Å². The number of carbonyl (C=O) groups is 1. The van der Waals surface area contributed by atoms with Crippen LogP contribution in [-0.2, 0) is 9.53 Å². The summed E-state index contributed by atoms with van der Waals surface area (Å²) in [7, 11) is 0. The highest BCUT2D eigenvalue weighted by molar-refractivity contribution is 5.89. The topological polar surface area (TPSA) is 114 Å². The van der Waals surface area contributed by atoms with E-state index < -0.39 is 36.7 Å². The molecule has 1 aliphatic heterocycles. The van der Waals surface area contributed by atoms with Crippen LogP contribution in [0.15, 0.2) is 75.3 Å². The lowest BCUT2D eigenvalue weighted by Crippen LogP contribution is -2.41. The number of ether oxygens (including phenoxy) is 1. The number of amides is 1. The first-order valence-electron chi connectivity index (χ1n) is 16.2. The van der Waals surface area contributed by atoms with Gasteiger partial charge in [0.05, 0.1) is 6.61 Å². The third kappa shape index (κ3) is 13.3. The molecule has 10 heteroatoms. The molecular weight excluding hydrogens is 592 g/mol. The summed E-state index contributed by atoms with van der Waals surface area (Å²) in [6.45, 7) is 12.0. The highest BCUT2D eigenvalue weighted by Crippen LogP contribution is 2.42. The van der Waals surface area contributed by atoms with Gasteiger partial charge in [0, 0.05) is 12.6 Å². The maximum absolute atomic E-state index is 14.4. The molecule has 0 radical (unpaired) electrons. The summed E-state index contributed by atoms with van der Waals surface area (Å²) >= 11 is 0. The molecule has 1 aromatic rings. The van der Waals surface area contributed by atoms with E-state index in [-0.39, 0.29) is 18.1 Å². The van der Waals surface area contributed by atoms with Crippen LogP contribution in [0.3, 0.4) is 0 Å². The van der Waals surface area contributed by atoms with Crippen molar-refractivity contribution in [1.82, 2.24) is 9.55 Å². The average Bonchev–Trinajstić information content (AvgIpc) is 3.21. The number of aliphatic hydroxyl groups excluding tert-OH is 2. The van der Waals surface area contributed by atoms with Gasteiger partial charge in [0.15, 0.2) is 6.10 Å². The van der Waals surface area contributed by atoms with Crippen LogP contribution in [0.2, 0.25) is 0 Å². The molecule has 0 aliphatic carbocycles. The Hall–Kier alpha value is -3.21. The van der Waals surface area contributed by atoms with Crippen LogP contribution in [0.4, 0.5) is 14.6 Å². The SMILES string of the molecule is CC(C)=CCC/C(C)=C/CC/C(C)=C/CC/C=C(\C)CC/C=C(\C)CCC(=O)Nc1ccn(C2OC(CO)C(O)C2(F)F)c(=O)n1. The average molecular weight is 646 g/mol. The summed E-state index contributed by atoms with van der Waals surface area (Å²) < 4.78 is 34.2. The number of alkyl halides is 2. The number of nitrogens with one attached hydrogen (secondary N) is 1. The van der Waals surface area contributed by atoms with Gasteiger partial charge in [0.1, 0.15) is 11.9 Å². The molecule has 2 heterocycles. The molecule has 0 aromatic carbocycles. The number of aromatic nitrogens is 2. The smallest absolute Gasteiger partial charge is 0.351 e. The van der Waals surface area contributed by atoms with Crippen LogP contribution in [-0.4, -0.2) is 50.4 Å². The Balaban J connectivity index is 1.70. The van der Waals surface area contributed by atoms with E-state index in [1.807, 2.05) is 6.92 Å². The van der Waals surface area contributed by atoms with E-state index in [9.17, 15) is 23.5 Å². The molecule has 3 N–H and O–H groups in total. The van der Waals surface area contributed by atoms with E-state index in [2.05, 4.69) is 75.3 Å². The first-order chi connectivity index (χ1) is 21.7. The Morgan fingerprint density at radius 2 is 1.37 bits per heavy atom. The Morgan fingerprint density at radius 3 is 1.85 bits per heavy atom. The largest absolute Gasteiger partial charge is 0.394 e. The third-order valence-corrected chi connectivity index (χ3v) is 7.96. The highest BCUT2D eigenvalue weighted by Gasteiger charge is 2.59. The lowest BCUT2D eigenvalue weighted by atomic mass is 10.0. The second-order valence-corrected chi connectivity index (χ2v) is 12.6. The molecule has 8 nitrogen and oxygen atoms in total. The fourth-order valence-corrected chi connectivity index (χ4v) is 5.04. The second kappa shape index (κ2) is 19.5. The Morgan fingerprint density at radius 1 is 0.870 bits per heavy atom. The van der Waals surface area contributed by atoms with Crippen molar-refractivity contribution in [3.63, 3.8) is 0 Å². The van der Waals surface area contributed by atoms with Crippen molar-refractivity contribution >= 4 is 11.7 Å². The number of allylic oxidation sites excluding steroid dienone is 10. The van der Waals surface area contributed by atoms with Crippen LogP contribution < -0.4 is 11.0 Å². The van der Waals surface area contributed by atoms with Gasteiger partial charge in [-0.3, -0.25) is 9.36 Å². The minimum atomic E-state index is -3.81. The minimum Gasteiger partial charge on any atom is -0.394 e. The molecule has 1 saturated heterocycles. The van der Waals surface area contributed by atoms with Crippen molar-refractivity contribution in [2.24, 2.45) is 0 Å². The number of aliphatic hydroxyl groups is 2. The number of halogens is 2. The standard InChI is InChI=1S/C36H53F2N3O5/c1-25(2)12-9-15-28(5)18-10-16-26(3)13-7-8-14-27(4)17-11-19-29(6)20-21-32(43)39-31-22-23-41(35(45)40-31)34-36(37,38)33(44)30(24-42)46-34/h12-14,18-19,22-23,30,33-34,42,44H,7-11,15-17,20-21,24H2,1-6H3,(H,39,40,43,45)/b26-13+,27-14+,28-18+,29-19+. The van der Waals surface area contributed by atoms with Gasteiger partial charge in [-0.15, -0.1) is 0 Å². The lowest BCUT2D eigenvalue weighted by molar-refractivity contribution is -0.141. The van der Waals surface area contributed by atoms with Gasteiger partial charge in [0.2, 0.25) is 12.1 Å². The Kier molecular flexibility index (Phi) is 16.5. The number of hydrogen-bond donors (Lipinski definition) is 3. The van der Waals surface area contributed by atoms with E-state index in [1.165, 1.54) is 28.4 Å². The number of anilines is 1. The molecular formula is C36H53F2N3O5. The van der Waals surface area contributed by atoms with Crippen LogP contribution in [0.25, 0.3) is 0 Å². The maximum Gasteiger partial charge on any atom is 0.351 e. The van der Waals surface area contributed by atoms with Gasteiger partial charge < -0.3 is 20.3 Å². The molecule has 0 saturated carbocycles. The van der Waals surface area contributed by atoms with Crippen molar-refractivity contribution in [1.29, 1.82) is 0 Å². The number of hydrogen-bond acceptors (Lipinski definition) is 6. The van der Waals surface area contributed by atoms with E-state index in [0.717, 1.165) is 63.1 Å². The molecule has 1 fully saturated rings. The van der Waals surface area contributed by atoms with Crippen LogP contribution in [0.5, 0.6) is 0 Å². The maximum atomic E-state index is 14.4. The summed E-state index contributed by atoms with van der Waals surface area (Å²) in [5.41, 5.74) is 5.60. The van der Waals surface area contributed by atoms with Crippen molar-refractivity contribution in [2.75, 3.05) is 11.9 Å². The summed E-state index contributed by atoms with van der Waals surface area (Å²) in [4.78, 5) is 28.4. The summed E-state index contributed by atoms with van der Waals surface area (Å²) in [6, 6.07) is 1.21. The molecule has 0 spiro atoms. The predicted octanol–water partition coefficient (Wildman–Crippen LogP) is 7.72. The summed E-state index contributed by atoms with van der Waals surface area (Å²) in [5.74, 6) is -4.24. The molecule has 3 atom stereocenters. The number of rotatable bonds is 18. The van der Waals surface area contributed by atoms with Crippen molar-refractivity contribution in [3.8, 4) is 0 Å². The van der Waals surface area contributed by atoms with Crippen molar-refractivity contribution in [2.45, 2.75) is 130 Å². The number of nitrogens with zero attached hydrogens (tertiary/aromatic N) is 2. The van der Waals surface area contributed by atoms with E-state index in [1.54, 1.807) is 0 Å². The zero-order chi connectivity index (χ0) is 34.3. The number of carbonyl (C=O) groups excluding carboxylic acids is 1. The normalized spacial score (nSPS) is 20.6. The molecule has 3 unspecified atom stereocenters. The first kappa shape index (κ1) is 39.0. The van der Waals surface area contributed by atoms with Crippen LogP contribution in [0.1, 0.15) is 112 Å². The fourth-order valence-electron chi connectivity index (χ4n) is 5.04. The monoisotopic (exact) mass is 645 g/mol. The first-order valence-corrected chi connectivity index (χ1v) is 16.2. The molecule has 0 bridgehead atoms. The minimum absolute atomic E-state index is 0.0723. The molecule has 2 rings (SSSR count). The van der Waals surface area contributed by atoms with Crippen LogP contribution >= 0.6 is 0 Å². The molecule has 256 valence electrons. The molecule has 1 aromatic heterocycles. The molecule has 1 aliphatic rings. The fraction of sp³-hybridized carbons (Fsp3) is 0.583. The summed E-state index contributed by atoms with van der Waals surface area (Å²) in [5, 5.41) is 21.3. The van der Waals surface area contributed by atoms with Gasteiger partial charge in [0.25, 0.3) is 0 Å². The Labute approximate surface area is 272 Å². The summed E-state index contributed by atoms with van der Waals surface area (Å²) in [6.07, 6.45) is 15.5. The van der Waals surface area contributed by atoms with Gasteiger partial charge in [-0.25, -0.2) is 4.79 Å². The lowest BCUT2D eigenvalue weighted by Gasteiger charge is -2.21.